The third-order valence-electron chi connectivity index (χ3n) is 6.71. The van der Waals surface area contributed by atoms with Crippen LogP contribution in [0.5, 0.6) is 0 Å². The number of rotatable bonds is 5. The van der Waals surface area contributed by atoms with E-state index in [1.165, 1.54) is 44.2 Å². The molecule has 1 aromatic rings. The number of aromatic nitrogens is 2. The predicted octanol–water partition coefficient (Wildman–Crippen LogP) is 2.20. The highest BCUT2D eigenvalue weighted by Crippen LogP contribution is 2.26. The average molecular weight is 374 g/mol. The number of hydrogen-bond acceptors (Lipinski definition) is 4. The van der Waals surface area contributed by atoms with Crippen molar-refractivity contribution in [2.45, 2.75) is 64.6 Å². The van der Waals surface area contributed by atoms with Crippen molar-refractivity contribution < 1.29 is 4.79 Å². The molecular weight excluding hydrogens is 338 g/mol. The molecule has 6 nitrogen and oxygen atoms in total. The van der Waals surface area contributed by atoms with Crippen LogP contribution in [0, 0.1) is 5.92 Å². The summed E-state index contributed by atoms with van der Waals surface area (Å²) in [6, 6.07) is 0.661. The maximum atomic E-state index is 12.8. The van der Waals surface area contributed by atoms with E-state index in [0.29, 0.717) is 11.9 Å². The van der Waals surface area contributed by atoms with Crippen molar-refractivity contribution in [3.63, 3.8) is 0 Å². The summed E-state index contributed by atoms with van der Waals surface area (Å²) in [7, 11) is 0. The molecule has 3 fully saturated rings. The molecule has 3 aliphatic rings. The van der Waals surface area contributed by atoms with Gasteiger partial charge in [0, 0.05) is 50.5 Å². The zero-order chi connectivity index (χ0) is 18.6. The maximum Gasteiger partial charge on any atom is 0.226 e. The Hall–Kier alpha value is -1.40. The first-order valence-corrected chi connectivity index (χ1v) is 11.0. The number of hydrogen-bond donors (Lipinski definition) is 0. The third kappa shape index (κ3) is 4.54. The molecule has 6 heteroatoms. The molecule has 0 aliphatic carbocycles. The molecule has 0 radical (unpaired) electrons. The van der Waals surface area contributed by atoms with Crippen LogP contribution in [0.4, 0.5) is 0 Å². The van der Waals surface area contributed by atoms with Gasteiger partial charge in [0.2, 0.25) is 5.91 Å². The molecule has 150 valence electrons. The molecule has 1 atom stereocenters. The fourth-order valence-electron chi connectivity index (χ4n) is 5.10. The molecule has 4 rings (SSSR count). The lowest BCUT2D eigenvalue weighted by Crippen LogP contribution is -2.50. The van der Waals surface area contributed by atoms with Crippen LogP contribution in [0.25, 0.3) is 0 Å². The lowest BCUT2D eigenvalue weighted by atomic mass is 9.93. The highest BCUT2D eigenvalue weighted by atomic mass is 16.2. The second-order valence-electron chi connectivity index (χ2n) is 8.58. The van der Waals surface area contributed by atoms with Gasteiger partial charge in [-0.25, -0.2) is 0 Å². The lowest BCUT2D eigenvalue weighted by Gasteiger charge is -2.42. The zero-order valence-electron chi connectivity index (χ0n) is 16.9. The summed E-state index contributed by atoms with van der Waals surface area (Å²) in [6.45, 7) is 10.5. The van der Waals surface area contributed by atoms with E-state index >= 15 is 0 Å². The Bertz CT molecular complexity index is 616. The van der Waals surface area contributed by atoms with Crippen molar-refractivity contribution in [3.8, 4) is 0 Å². The number of carbonyl (C=O) groups is 1. The standard InChI is InChI=1S/C21H35N5O/c1-2-26-16-18(14-22-26)15-23-12-7-20(8-13-23)25-11-5-6-19(17-25)21(27)24-9-3-4-10-24/h14,16,19-20H,2-13,15,17H2,1H3. The first kappa shape index (κ1) is 18.9. The largest absolute Gasteiger partial charge is 0.342 e. The van der Waals surface area contributed by atoms with Gasteiger partial charge < -0.3 is 4.90 Å². The summed E-state index contributed by atoms with van der Waals surface area (Å²) in [5, 5.41) is 4.39. The molecule has 27 heavy (non-hydrogen) atoms. The molecule has 0 saturated carbocycles. The van der Waals surface area contributed by atoms with Gasteiger partial charge in [-0.15, -0.1) is 0 Å². The minimum Gasteiger partial charge on any atom is -0.342 e. The van der Waals surface area contributed by atoms with E-state index in [-0.39, 0.29) is 5.92 Å². The Labute approximate surface area is 163 Å². The van der Waals surface area contributed by atoms with Crippen LogP contribution in [0.15, 0.2) is 12.4 Å². The highest BCUT2D eigenvalue weighted by molar-refractivity contribution is 5.79. The van der Waals surface area contributed by atoms with E-state index in [4.69, 9.17) is 0 Å². The quantitative estimate of drug-likeness (QED) is 0.794. The van der Waals surface area contributed by atoms with Crippen molar-refractivity contribution >= 4 is 5.91 Å². The molecule has 3 aliphatic heterocycles. The zero-order valence-corrected chi connectivity index (χ0v) is 16.9. The van der Waals surface area contributed by atoms with Crippen LogP contribution >= 0.6 is 0 Å². The van der Waals surface area contributed by atoms with E-state index in [9.17, 15) is 4.79 Å². The van der Waals surface area contributed by atoms with Crippen LogP contribution in [0.2, 0.25) is 0 Å². The average Bonchev–Trinajstić information content (AvgIpc) is 3.40. The predicted molar refractivity (Wildman–Crippen MR) is 106 cm³/mol. The van der Waals surface area contributed by atoms with Crippen molar-refractivity contribution in [2.24, 2.45) is 5.92 Å². The van der Waals surface area contributed by atoms with Crippen LogP contribution in [0.3, 0.4) is 0 Å². The van der Waals surface area contributed by atoms with Crippen LogP contribution in [0.1, 0.15) is 51.0 Å². The lowest BCUT2D eigenvalue weighted by molar-refractivity contribution is -0.136. The Balaban J connectivity index is 1.25. The Morgan fingerprint density at radius 2 is 1.85 bits per heavy atom. The van der Waals surface area contributed by atoms with Gasteiger partial charge in [0.15, 0.2) is 0 Å². The molecule has 0 aromatic carbocycles. The first-order valence-electron chi connectivity index (χ1n) is 11.0. The first-order chi connectivity index (χ1) is 13.2. The van der Waals surface area contributed by atoms with Gasteiger partial charge in [0.25, 0.3) is 0 Å². The second-order valence-corrected chi connectivity index (χ2v) is 8.58. The van der Waals surface area contributed by atoms with E-state index in [1.807, 2.05) is 10.9 Å². The van der Waals surface area contributed by atoms with Gasteiger partial charge >= 0.3 is 0 Å². The topological polar surface area (TPSA) is 44.6 Å². The number of amides is 1. The summed E-state index contributed by atoms with van der Waals surface area (Å²) in [6.07, 6.45) is 11.3. The van der Waals surface area contributed by atoms with E-state index in [0.717, 1.165) is 52.2 Å². The molecule has 1 amide bonds. The fraction of sp³-hybridized carbons (Fsp3) is 0.810. The SMILES string of the molecule is CCn1cc(CN2CCC(N3CCCC(C(=O)N4CCCC4)C3)CC2)cn1. The number of piperidine rings is 2. The van der Waals surface area contributed by atoms with Gasteiger partial charge in [-0.3, -0.25) is 19.3 Å². The normalized spacial score (nSPS) is 26.0. The van der Waals surface area contributed by atoms with Crippen LogP contribution in [-0.4, -0.2) is 75.7 Å². The monoisotopic (exact) mass is 373 g/mol. The molecule has 3 saturated heterocycles. The number of nitrogens with zero attached hydrogens (tertiary/aromatic N) is 5. The Morgan fingerprint density at radius 1 is 1.07 bits per heavy atom. The minimum absolute atomic E-state index is 0.245. The maximum absolute atomic E-state index is 12.8. The van der Waals surface area contributed by atoms with E-state index < -0.39 is 0 Å². The smallest absolute Gasteiger partial charge is 0.226 e. The van der Waals surface area contributed by atoms with Crippen molar-refractivity contribution in [3.05, 3.63) is 18.0 Å². The third-order valence-corrected chi connectivity index (χ3v) is 6.71. The second kappa shape index (κ2) is 8.74. The number of likely N-dealkylation sites (tertiary alicyclic amines) is 3. The van der Waals surface area contributed by atoms with Crippen molar-refractivity contribution in [1.82, 2.24) is 24.5 Å². The van der Waals surface area contributed by atoms with Crippen LogP contribution < -0.4 is 0 Å². The van der Waals surface area contributed by atoms with Gasteiger partial charge in [0.1, 0.15) is 0 Å². The van der Waals surface area contributed by atoms with Gasteiger partial charge in [-0.05, 0) is 65.1 Å². The Morgan fingerprint density at radius 3 is 2.56 bits per heavy atom. The summed E-state index contributed by atoms with van der Waals surface area (Å²) < 4.78 is 2.01. The van der Waals surface area contributed by atoms with E-state index in [2.05, 4.69) is 32.9 Å². The summed E-state index contributed by atoms with van der Waals surface area (Å²) in [4.78, 5) is 20.1. The number of aryl methyl sites for hydroxylation is 1. The summed E-state index contributed by atoms with van der Waals surface area (Å²) in [5.41, 5.74) is 1.32. The van der Waals surface area contributed by atoms with Gasteiger partial charge in [-0.2, -0.15) is 5.10 Å². The van der Waals surface area contributed by atoms with Gasteiger partial charge in [0.05, 0.1) is 12.1 Å². The summed E-state index contributed by atoms with van der Waals surface area (Å²) in [5.74, 6) is 0.678. The summed E-state index contributed by atoms with van der Waals surface area (Å²) >= 11 is 0. The van der Waals surface area contributed by atoms with Crippen molar-refractivity contribution in [1.29, 1.82) is 0 Å². The molecule has 1 aromatic heterocycles. The molecular formula is C21H35N5O. The highest BCUT2D eigenvalue weighted by Gasteiger charge is 2.34. The fourth-order valence-corrected chi connectivity index (χ4v) is 5.10. The minimum atomic E-state index is 0.245. The van der Waals surface area contributed by atoms with E-state index in [1.54, 1.807) is 0 Å². The number of carbonyl (C=O) groups excluding carboxylic acids is 1. The van der Waals surface area contributed by atoms with Crippen molar-refractivity contribution in [2.75, 3.05) is 39.3 Å². The molecule has 4 heterocycles. The molecule has 1 unspecified atom stereocenters. The van der Waals surface area contributed by atoms with Gasteiger partial charge in [-0.1, -0.05) is 0 Å². The molecule has 0 N–H and O–H groups in total. The molecule has 0 spiro atoms. The Kier molecular flexibility index (Phi) is 6.13. The van der Waals surface area contributed by atoms with Crippen LogP contribution in [-0.2, 0) is 17.9 Å². The molecule has 0 bridgehead atoms.